The molecule has 23 heavy (non-hydrogen) atoms. The summed E-state index contributed by atoms with van der Waals surface area (Å²) in [6.45, 7) is 6.59. The van der Waals surface area contributed by atoms with Gasteiger partial charge in [-0.05, 0) is 61.3 Å². The van der Waals surface area contributed by atoms with E-state index in [1.807, 2.05) is 0 Å². The maximum absolute atomic E-state index is 10.4. The van der Waals surface area contributed by atoms with Gasteiger partial charge < -0.3 is 5.11 Å². The van der Waals surface area contributed by atoms with E-state index < -0.39 is 0 Å². The Morgan fingerprint density at radius 2 is 1.70 bits per heavy atom. The van der Waals surface area contributed by atoms with Crippen molar-refractivity contribution in [1.82, 2.24) is 4.98 Å². The molecule has 1 aliphatic carbocycles. The van der Waals surface area contributed by atoms with Crippen molar-refractivity contribution in [3.63, 3.8) is 0 Å². The standard InChI is InChI=1S/C21H27NO/c1-4-14-9-7-10-15(5-2)20(14)18-13-16(6-3)21-17(22-18)11-8-12-19(21)23/h7,9-10,13,19,23H,4-6,8,11-12H2,1-3H3. The predicted octanol–water partition coefficient (Wildman–Crippen LogP) is 4.81. The summed E-state index contributed by atoms with van der Waals surface area (Å²) in [5.41, 5.74) is 8.65. The Bertz CT molecular complexity index is 666. The van der Waals surface area contributed by atoms with Crippen LogP contribution in [0.15, 0.2) is 24.3 Å². The molecule has 1 N–H and O–H groups in total. The van der Waals surface area contributed by atoms with Crippen molar-refractivity contribution in [3.05, 3.63) is 52.2 Å². The summed E-state index contributed by atoms with van der Waals surface area (Å²) in [6, 6.07) is 8.82. The number of rotatable bonds is 4. The lowest BCUT2D eigenvalue weighted by molar-refractivity contribution is 0.154. The van der Waals surface area contributed by atoms with Gasteiger partial charge in [0.05, 0.1) is 11.8 Å². The Morgan fingerprint density at radius 3 is 2.30 bits per heavy atom. The molecule has 1 atom stereocenters. The van der Waals surface area contributed by atoms with Crippen LogP contribution in [0.1, 0.15) is 67.7 Å². The number of nitrogens with zero attached hydrogens (tertiary/aromatic N) is 1. The van der Waals surface area contributed by atoms with E-state index in [1.165, 1.54) is 22.3 Å². The van der Waals surface area contributed by atoms with Crippen molar-refractivity contribution in [2.75, 3.05) is 0 Å². The van der Waals surface area contributed by atoms with Crippen LogP contribution in [0.5, 0.6) is 0 Å². The number of pyridine rings is 1. The van der Waals surface area contributed by atoms with E-state index in [9.17, 15) is 5.11 Å². The average molecular weight is 309 g/mol. The van der Waals surface area contributed by atoms with Crippen molar-refractivity contribution in [2.45, 2.75) is 65.4 Å². The Kier molecular flexibility index (Phi) is 4.82. The molecule has 1 aromatic carbocycles. The lowest BCUT2D eigenvalue weighted by atomic mass is 9.86. The molecule has 3 rings (SSSR count). The monoisotopic (exact) mass is 309 g/mol. The van der Waals surface area contributed by atoms with Gasteiger partial charge in [0.1, 0.15) is 0 Å². The molecule has 0 fully saturated rings. The van der Waals surface area contributed by atoms with Crippen molar-refractivity contribution >= 4 is 0 Å². The van der Waals surface area contributed by atoms with E-state index >= 15 is 0 Å². The van der Waals surface area contributed by atoms with Gasteiger partial charge in [-0.1, -0.05) is 39.0 Å². The minimum Gasteiger partial charge on any atom is -0.388 e. The van der Waals surface area contributed by atoms with Gasteiger partial charge in [-0.2, -0.15) is 0 Å². The molecule has 0 bridgehead atoms. The quantitative estimate of drug-likeness (QED) is 0.879. The summed E-state index contributed by atoms with van der Waals surface area (Å²) in [4.78, 5) is 5.00. The zero-order valence-electron chi connectivity index (χ0n) is 14.5. The molecule has 2 nitrogen and oxygen atoms in total. The van der Waals surface area contributed by atoms with Gasteiger partial charge >= 0.3 is 0 Å². The fourth-order valence-corrected chi connectivity index (χ4v) is 3.86. The molecule has 0 aliphatic heterocycles. The highest BCUT2D eigenvalue weighted by Crippen LogP contribution is 2.36. The number of benzene rings is 1. The van der Waals surface area contributed by atoms with Crippen LogP contribution in [-0.4, -0.2) is 10.1 Å². The van der Waals surface area contributed by atoms with Gasteiger partial charge in [0, 0.05) is 16.8 Å². The first-order chi connectivity index (χ1) is 11.2. The van der Waals surface area contributed by atoms with Crippen LogP contribution < -0.4 is 0 Å². The zero-order chi connectivity index (χ0) is 16.4. The number of aromatic nitrogens is 1. The van der Waals surface area contributed by atoms with Crippen LogP contribution in [0, 0.1) is 0 Å². The first-order valence-corrected chi connectivity index (χ1v) is 9.01. The molecule has 122 valence electrons. The normalized spacial score (nSPS) is 17.1. The Morgan fingerprint density at radius 1 is 1.04 bits per heavy atom. The third-order valence-electron chi connectivity index (χ3n) is 5.08. The summed E-state index contributed by atoms with van der Waals surface area (Å²) in [5.74, 6) is 0. The summed E-state index contributed by atoms with van der Waals surface area (Å²) in [7, 11) is 0. The summed E-state index contributed by atoms with van der Waals surface area (Å²) in [6.07, 6.45) is 5.55. The number of aliphatic hydroxyl groups is 1. The highest BCUT2D eigenvalue weighted by atomic mass is 16.3. The molecule has 2 aromatic rings. The molecule has 0 saturated carbocycles. The Hall–Kier alpha value is -1.67. The van der Waals surface area contributed by atoms with Crippen molar-refractivity contribution in [1.29, 1.82) is 0 Å². The van der Waals surface area contributed by atoms with E-state index in [0.29, 0.717) is 0 Å². The molecule has 1 heterocycles. The Labute approximate surface area is 139 Å². The number of aryl methyl sites for hydroxylation is 4. The molecule has 0 saturated heterocycles. The maximum Gasteiger partial charge on any atom is 0.0810 e. The minimum atomic E-state index is -0.331. The van der Waals surface area contributed by atoms with Crippen LogP contribution >= 0.6 is 0 Å². The molecule has 2 heteroatoms. The van der Waals surface area contributed by atoms with Crippen LogP contribution in [0.25, 0.3) is 11.3 Å². The highest BCUT2D eigenvalue weighted by Gasteiger charge is 2.24. The van der Waals surface area contributed by atoms with Crippen LogP contribution in [0.3, 0.4) is 0 Å². The van der Waals surface area contributed by atoms with Crippen molar-refractivity contribution < 1.29 is 5.11 Å². The third kappa shape index (κ3) is 2.92. The van der Waals surface area contributed by atoms with Gasteiger partial charge in [-0.25, -0.2) is 0 Å². The molecule has 0 spiro atoms. The molecule has 1 aromatic heterocycles. The fourth-order valence-electron chi connectivity index (χ4n) is 3.86. The van der Waals surface area contributed by atoms with Gasteiger partial charge in [-0.15, -0.1) is 0 Å². The van der Waals surface area contributed by atoms with E-state index in [1.54, 1.807) is 0 Å². The molecule has 0 radical (unpaired) electrons. The van der Waals surface area contributed by atoms with Gasteiger partial charge in [-0.3, -0.25) is 4.98 Å². The first kappa shape index (κ1) is 16.2. The smallest absolute Gasteiger partial charge is 0.0810 e. The zero-order valence-corrected chi connectivity index (χ0v) is 14.5. The number of aliphatic hydroxyl groups excluding tert-OH is 1. The van der Waals surface area contributed by atoms with Crippen LogP contribution in [0.4, 0.5) is 0 Å². The molecule has 0 amide bonds. The number of fused-ring (bicyclic) bond motifs is 1. The fraction of sp³-hybridized carbons (Fsp3) is 0.476. The van der Waals surface area contributed by atoms with E-state index in [-0.39, 0.29) is 6.10 Å². The van der Waals surface area contributed by atoms with Crippen molar-refractivity contribution in [2.24, 2.45) is 0 Å². The first-order valence-electron chi connectivity index (χ1n) is 9.01. The second kappa shape index (κ2) is 6.84. The predicted molar refractivity (Wildman–Crippen MR) is 95.7 cm³/mol. The summed E-state index contributed by atoms with van der Waals surface area (Å²) >= 11 is 0. The van der Waals surface area contributed by atoms with E-state index in [4.69, 9.17) is 4.98 Å². The van der Waals surface area contributed by atoms with Gasteiger partial charge in [0.2, 0.25) is 0 Å². The average Bonchev–Trinajstić information content (AvgIpc) is 2.60. The Balaban J connectivity index is 2.22. The SMILES string of the molecule is CCc1cccc(CC)c1-c1cc(CC)c2c(n1)CCCC2O. The van der Waals surface area contributed by atoms with E-state index in [0.717, 1.165) is 55.5 Å². The van der Waals surface area contributed by atoms with Crippen LogP contribution in [0.2, 0.25) is 0 Å². The third-order valence-corrected chi connectivity index (χ3v) is 5.08. The van der Waals surface area contributed by atoms with Gasteiger partial charge in [0.15, 0.2) is 0 Å². The molecular weight excluding hydrogens is 282 g/mol. The van der Waals surface area contributed by atoms with E-state index in [2.05, 4.69) is 45.0 Å². The maximum atomic E-state index is 10.4. The minimum absolute atomic E-state index is 0.331. The lowest BCUT2D eigenvalue weighted by Crippen LogP contribution is -2.15. The second-order valence-corrected chi connectivity index (χ2v) is 6.45. The molecule has 1 unspecified atom stereocenters. The van der Waals surface area contributed by atoms with Gasteiger partial charge in [0.25, 0.3) is 0 Å². The summed E-state index contributed by atoms with van der Waals surface area (Å²) < 4.78 is 0. The largest absolute Gasteiger partial charge is 0.388 e. The second-order valence-electron chi connectivity index (χ2n) is 6.45. The number of hydrogen-bond donors (Lipinski definition) is 1. The molecule has 1 aliphatic rings. The van der Waals surface area contributed by atoms with Crippen LogP contribution in [-0.2, 0) is 25.7 Å². The van der Waals surface area contributed by atoms with Crippen molar-refractivity contribution in [3.8, 4) is 11.3 Å². The topological polar surface area (TPSA) is 33.1 Å². The molecular formula is C21H27NO. The number of hydrogen-bond acceptors (Lipinski definition) is 2. The summed E-state index contributed by atoms with van der Waals surface area (Å²) in [5, 5.41) is 10.4. The highest BCUT2D eigenvalue weighted by molar-refractivity contribution is 5.69. The lowest BCUT2D eigenvalue weighted by Gasteiger charge is -2.25.